The van der Waals surface area contributed by atoms with E-state index in [0.29, 0.717) is 17.0 Å². The van der Waals surface area contributed by atoms with E-state index in [1.54, 1.807) is 36.5 Å². The van der Waals surface area contributed by atoms with Gasteiger partial charge in [0, 0.05) is 24.4 Å². The van der Waals surface area contributed by atoms with E-state index in [1.165, 1.54) is 37.5 Å². The van der Waals surface area contributed by atoms with Crippen LogP contribution in [0.3, 0.4) is 0 Å². The summed E-state index contributed by atoms with van der Waals surface area (Å²) >= 11 is 0. The number of hydrogen-bond donors (Lipinski definition) is 2. The van der Waals surface area contributed by atoms with Gasteiger partial charge in [0.1, 0.15) is 28.9 Å². The highest BCUT2D eigenvalue weighted by Crippen LogP contribution is 2.43. The quantitative estimate of drug-likeness (QED) is 0.354. The Hall–Kier alpha value is -4.33. The highest BCUT2D eigenvalue weighted by molar-refractivity contribution is 6.03. The largest absolute Gasteiger partial charge is 0.507 e. The molecule has 8 nitrogen and oxygen atoms in total. The van der Waals surface area contributed by atoms with E-state index in [9.17, 15) is 19.8 Å². The average Bonchev–Trinajstić information content (AvgIpc) is 2.77. The summed E-state index contributed by atoms with van der Waals surface area (Å²) in [5.41, 5.74) is 1.16. The van der Waals surface area contributed by atoms with Gasteiger partial charge >= 0.3 is 5.97 Å². The predicted molar refractivity (Wildman–Crippen MR) is 114 cm³/mol. The van der Waals surface area contributed by atoms with E-state index in [2.05, 4.69) is 4.98 Å². The number of ether oxygens (including phenoxy) is 3. The Balaban J connectivity index is 1.55. The number of benzene rings is 2. The molecule has 8 heteroatoms. The fraction of sp³-hybridized carbons (Fsp3) is 0.125. The lowest BCUT2D eigenvalue weighted by Gasteiger charge is -2.26. The lowest BCUT2D eigenvalue weighted by atomic mass is 9.95. The molecule has 0 amide bonds. The number of rotatable bonds is 5. The molecule has 1 atom stereocenters. The number of nitrogens with zero attached hydrogens (tertiary/aromatic N) is 1. The molecule has 1 aromatic heterocycles. The summed E-state index contributed by atoms with van der Waals surface area (Å²) in [5.74, 6) is -1.06. The number of methoxy groups -OCH3 is 1. The summed E-state index contributed by atoms with van der Waals surface area (Å²) < 4.78 is 16.2. The van der Waals surface area contributed by atoms with Gasteiger partial charge in [0.05, 0.1) is 19.2 Å². The van der Waals surface area contributed by atoms with Gasteiger partial charge in [-0.15, -0.1) is 0 Å². The second-order valence-corrected chi connectivity index (χ2v) is 6.99. The van der Waals surface area contributed by atoms with Gasteiger partial charge in [0.2, 0.25) is 0 Å². The third kappa shape index (κ3) is 4.39. The summed E-state index contributed by atoms with van der Waals surface area (Å²) in [6.07, 6.45) is 3.57. The molecule has 4 rings (SSSR count). The van der Waals surface area contributed by atoms with Gasteiger partial charge in [-0.3, -0.25) is 9.78 Å². The standard InChI is InChI=1S/C24H19NO7/c1-30-20-7-5-14(10-17(20)26)21-13-19(28)24-18(27)11-16(12-22(24)32-21)31-23(29)8-6-15-4-2-3-9-25-15/h2-12,21,26-27H,13H2,1H3. The van der Waals surface area contributed by atoms with E-state index in [1.807, 2.05) is 0 Å². The second kappa shape index (κ2) is 8.81. The number of esters is 1. The minimum Gasteiger partial charge on any atom is -0.507 e. The molecule has 0 saturated carbocycles. The van der Waals surface area contributed by atoms with Crippen molar-refractivity contribution in [2.24, 2.45) is 0 Å². The van der Waals surface area contributed by atoms with Crippen molar-refractivity contribution in [2.45, 2.75) is 12.5 Å². The van der Waals surface area contributed by atoms with Gasteiger partial charge in [-0.1, -0.05) is 12.1 Å². The Labute approximate surface area is 183 Å². The maximum Gasteiger partial charge on any atom is 0.336 e. The van der Waals surface area contributed by atoms with Crippen molar-refractivity contribution in [1.82, 2.24) is 4.98 Å². The first-order valence-electron chi connectivity index (χ1n) is 9.69. The van der Waals surface area contributed by atoms with Crippen LogP contribution in [-0.4, -0.2) is 34.1 Å². The summed E-state index contributed by atoms with van der Waals surface area (Å²) in [5, 5.41) is 20.4. The molecule has 3 aromatic rings. The fourth-order valence-corrected chi connectivity index (χ4v) is 3.35. The van der Waals surface area contributed by atoms with Crippen LogP contribution in [0.1, 0.15) is 34.1 Å². The van der Waals surface area contributed by atoms with Crippen molar-refractivity contribution in [1.29, 1.82) is 0 Å². The van der Waals surface area contributed by atoms with E-state index < -0.39 is 12.1 Å². The summed E-state index contributed by atoms with van der Waals surface area (Å²) in [4.78, 5) is 28.9. The fourth-order valence-electron chi connectivity index (χ4n) is 3.35. The second-order valence-electron chi connectivity index (χ2n) is 6.99. The van der Waals surface area contributed by atoms with Crippen LogP contribution in [0.4, 0.5) is 0 Å². The first kappa shape index (κ1) is 20.9. The Bertz CT molecular complexity index is 1200. The minimum absolute atomic E-state index is 0.0165. The van der Waals surface area contributed by atoms with E-state index in [0.717, 1.165) is 0 Å². The van der Waals surface area contributed by atoms with E-state index in [-0.39, 0.29) is 40.8 Å². The number of phenolic OH excluding ortho intramolecular Hbond substituents is 2. The number of hydrogen-bond acceptors (Lipinski definition) is 8. The van der Waals surface area contributed by atoms with Gasteiger partial charge in [0.15, 0.2) is 17.3 Å². The Morgan fingerprint density at radius 2 is 2.00 bits per heavy atom. The number of aromatic hydroxyl groups is 2. The monoisotopic (exact) mass is 433 g/mol. The zero-order valence-corrected chi connectivity index (χ0v) is 17.0. The van der Waals surface area contributed by atoms with Gasteiger partial charge in [0.25, 0.3) is 0 Å². The first-order chi connectivity index (χ1) is 15.4. The molecule has 0 aliphatic carbocycles. The van der Waals surface area contributed by atoms with Gasteiger partial charge in [-0.2, -0.15) is 0 Å². The maximum atomic E-state index is 12.6. The van der Waals surface area contributed by atoms with Crippen molar-refractivity contribution in [2.75, 3.05) is 7.11 Å². The molecule has 32 heavy (non-hydrogen) atoms. The number of pyridine rings is 1. The molecular weight excluding hydrogens is 414 g/mol. The summed E-state index contributed by atoms with van der Waals surface area (Å²) in [6, 6.07) is 12.5. The lowest BCUT2D eigenvalue weighted by molar-refractivity contribution is -0.128. The normalized spacial score (nSPS) is 15.2. The van der Waals surface area contributed by atoms with Crippen LogP contribution in [0, 0.1) is 0 Å². The Morgan fingerprint density at radius 1 is 1.16 bits per heavy atom. The molecule has 0 saturated heterocycles. The van der Waals surface area contributed by atoms with Gasteiger partial charge < -0.3 is 24.4 Å². The van der Waals surface area contributed by atoms with Crippen LogP contribution < -0.4 is 14.2 Å². The molecular formula is C24H19NO7. The van der Waals surface area contributed by atoms with Crippen LogP contribution >= 0.6 is 0 Å². The van der Waals surface area contributed by atoms with Crippen molar-refractivity contribution in [3.63, 3.8) is 0 Å². The van der Waals surface area contributed by atoms with Crippen molar-refractivity contribution < 1.29 is 34.0 Å². The minimum atomic E-state index is -0.693. The van der Waals surface area contributed by atoms with Crippen LogP contribution in [0.15, 0.2) is 60.8 Å². The molecule has 1 aliphatic heterocycles. The first-order valence-corrected chi connectivity index (χ1v) is 9.69. The smallest absolute Gasteiger partial charge is 0.336 e. The number of fused-ring (bicyclic) bond motifs is 1. The van der Waals surface area contributed by atoms with Crippen molar-refractivity contribution in [3.05, 3.63) is 77.6 Å². The molecule has 0 bridgehead atoms. The van der Waals surface area contributed by atoms with E-state index in [4.69, 9.17) is 14.2 Å². The lowest BCUT2D eigenvalue weighted by Crippen LogP contribution is -2.20. The molecule has 1 unspecified atom stereocenters. The number of carbonyl (C=O) groups is 2. The number of aromatic nitrogens is 1. The molecule has 2 N–H and O–H groups in total. The average molecular weight is 433 g/mol. The predicted octanol–water partition coefficient (Wildman–Crippen LogP) is 3.83. The van der Waals surface area contributed by atoms with Crippen LogP contribution in [0.5, 0.6) is 28.7 Å². The number of Topliss-reactive ketones (excluding diaryl/α,β-unsaturated/α-hetero) is 1. The number of ketones is 1. The van der Waals surface area contributed by atoms with Crippen LogP contribution in [0.2, 0.25) is 0 Å². The van der Waals surface area contributed by atoms with Gasteiger partial charge in [-0.25, -0.2) is 4.79 Å². The summed E-state index contributed by atoms with van der Waals surface area (Å²) in [6.45, 7) is 0. The van der Waals surface area contributed by atoms with Crippen molar-refractivity contribution >= 4 is 17.8 Å². The van der Waals surface area contributed by atoms with E-state index >= 15 is 0 Å². The zero-order valence-electron chi connectivity index (χ0n) is 17.0. The Morgan fingerprint density at radius 3 is 2.72 bits per heavy atom. The highest BCUT2D eigenvalue weighted by Gasteiger charge is 2.31. The molecule has 2 heterocycles. The third-order valence-corrected chi connectivity index (χ3v) is 4.84. The Kier molecular flexibility index (Phi) is 5.76. The van der Waals surface area contributed by atoms with Crippen LogP contribution in [-0.2, 0) is 4.79 Å². The molecule has 0 radical (unpaired) electrons. The zero-order chi connectivity index (χ0) is 22.7. The topological polar surface area (TPSA) is 115 Å². The molecule has 162 valence electrons. The molecule has 0 spiro atoms. The number of phenols is 2. The summed E-state index contributed by atoms with van der Waals surface area (Å²) in [7, 11) is 1.43. The maximum absolute atomic E-state index is 12.6. The molecule has 2 aromatic carbocycles. The number of carbonyl (C=O) groups excluding carboxylic acids is 2. The SMILES string of the molecule is COc1ccc(C2CC(=O)c3c(O)cc(OC(=O)C=Cc4ccccn4)cc3O2)cc1O. The van der Waals surface area contributed by atoms with Crippen LogP contribution in [0.25, 0.3) is 6.08 Å². The van der Waals surface area contributed by atoms with Crippen molar-refractivity contribution in [3.8, 4) is 28.7 Å². The third-order valence-electron chi connectivity index (χ3n) is 4.84. The molecule has 0 fully saturated rings. The highest BCUT2D eigenvalue weighted by atomic mass is 16.5. The molecule has 1 aliphatic rings. The van der Waals surface area contributed by atoms with Gasteiger partial charge in [-0.05, 0) is 35.9 Å².